The van der Waals surface area contributed by atoms with Gasteiger partial charge in [0.2, 0.25) is 0 Å². The lowest BCUT2D eigenvalue weighted by molar-refractivity contribution is -0.421. The number of carbonyl (C=O) groups excluding carboxylic acids is 1. The van der Waals surface area contributed by atoms with Crippen molar-refractivity contribution in [2.24, 2.45) is 0 Å². The first-order valence-corrected chi connectivity index (χ1v) is 4.64. The van der Waals surface area contributed by atoms with Gasteiger partial charge in [-0.05, 0) is 20.3 Å². The monoisotopic (exact) mass is 228 g/mol. The number of hydrogen-bond acceptors (Lipinski definition) is 4. The highest BCUT2D eigenvalue weighted by molar-refractivity contribution is 5.94. The maximum atomic E-state index is 11.7. The first kappa shape index (κ1) is 12.2. The second kappa shape index (κ2) is 3.92. The van der Waals surface area contributed by atoms with Crippen LogP contribution in [0.4, 0.5) is 0 Å². The summed E-state index contributed by atoms with van der Waals surface area (Å²) in [5.74, 6) is -2.03. The third kappa shape index (κ3) is 2.18. The molecular weight excluding hydrogens is 216 g/mol. The zero-order valence-corrected chi connectivity index (χ0v) is 8.97. The maximum Gasteiger partial charge on any atom is 0.329 e. The first-order valence-electron chi connectivity index (χ1n) is 4.64. The Morgan fingerprint density at radius 3 is 2.69 bits per heavy atom. The molecule has 0 aromatic rings. The molecule has 1 rings (SSSR count). The molecule has 0 saturated heterocycles. The number of carbonyl (C=O) groups is 2. The maximum absolute atomic E-state index is 11.7. The molecule has 0 atom stereocenters. The van der Waals surface area contributed by atoms with Crippen LogP contribution in [0, 0.1) is 10.1 Å². The summed E-state index contributed by atoms with van der Waals surface area (Å²) in [4.78, 5) is 33.0. The molecule has 1 aliphatic heterocycles. The van der Waals surface area contributed by atoms with Crippen LogP contribution in [0.2, 0.25) is 0 Å². The highest BCUT2D eigenvalue weighted by Gasteiger charge is 2.41. The van der Waals surface area contributed by atoms with Crippen molar-refractivity contribution in [2.75, 3.05) is 6.54 Å². The molecule has 0 aromatic carbocycles. The van der Waals surface area contributed by atoms with Gasteiger partial charge in [-0.25, -0.2) is 0 Å². The average molecular weight is 228 g/mol. The van der Waals surface area contributed by atoms with Gasteiger partial charge in [0.05, 0.1) is 4.92 Å². The predicted molar refractivity (Wildman–Crippen MR) is 53.1 cm³/mol. The van der Waals surface area contributed by atoms with Crippen molar-refractivity contribution in [3.8, 4) is 0 Å². The summed E-state index contributed by atoms with van der Waals surface area (Å²) in [6.45, 7) is 2.80. The summed E-state index contributed by atoms with van der Waals surface area (Å²) < 4.78 is 0. The predicted octanol–water partition coefficient (Wildman–Crippen LogP) is 0.242. The number of amides is 1. The Labute approximate surface area is 91.5 Å². The zero-order chi connectivity index (χ0) is 12.5. The lowest BCUT2D eigenvalue weighted by Crippen LogP contribution is -2.53. The minimum atomic E-state index is -1.19. The van der Waals surface area contributed by atoms with E-state index in [-0.39, 0.29) is 6.42 Å². The van der Waals surface area contributed by atoms with E-state index in [0.717, 1.165) is 4.90 Å². The lowest BCUT2D eigenvalue weighted by Gasteiger charge is -2.38. The molecule has 0 aromatic heterocycles. The Balaban J connectivity index is 3.05. The van der Waals surface area contributed by atoms with Gasteiger partial charge in [0, 0.05) is 11.6 Å². The van der Waals surface area contributed by atoms with Crippen molar-refractivity contribution < 1.29 is 19.6 Å². The molecule has 1 aliphatic rings. The van der Waals surface area contributed by atoms with Gasteiger partial charge >= 0.3 is 17.6 Å². The largest absolute Gasteiger partial charge is 0.480 e. The van der Waals surface area contributed by atoms with Gasteiger partial charge in [0.15, 0.2) is 0 Å². The van der Waals surface area contributed by atoms with Crippen molar-refractivity contribution in [3.05, 3.63) is 21.9 Å². The van der Waals surface area contributed by atoms with Crippen molar-refractivity contribution in [2.45, 2.75) is 25.8 Å². The highest BCUT2D eigenvalue weighted by Crippen LogP contribution is 2.27. The lowest BCUT2D eigenvalue weighted by atomic mass is 9.93. The number of nitrogens with zero attached hydrogens (tertiary/aromatic N) is 2. The van der Waals surface area contributed by atoms with Crippen LogP contribution < -0.4 is 0 Å². The zero-order valence-electron chi connectivity index (χ0n) is 8.97. The molecule has 0 spiro atoms. The molecule has 7 nitrogen and oxygen atoms in total. The number of hydrogen-bond donors (Lipinski definition) is 1. The summed E-state index contributed by atoms with van der Waals surface area (Å²) in [5, 5.41) is 19.2. The fourth-order valence-electron chi connectivity index (χ4n) is 1.53. The summed E-state index contributed by atoms with van der Waals surface area (Å²) in [5.41, 5.74) is -1.27. The SMILES string of the molecule is CC1(C)CC=C([N+](=O)[O-])C(=O)N1CC(=O)O. The fourth-order valence-corrected chi connectivity index (χ4v) is 1.53. The van der Waals surface area contributed by atoms with E-state index >= 15 is 0 Å². The summed E-state index contributed by atoms with van der Waals surface area (Å²) in [6.07, 6.45) is 1.50. The summed E-state index contributed by atoms with van der Waals surface area (Å²) >= 11 is 0. The fraction of sp³-hybridized carbons (Fsp3) is 0.556. The molecule has 0 radical (unpaired) electrons. The Kier molecular flexibility index (Phi) is 2.97. The molecule has 0 unspecified atom stereocenters. The van der Waals surface area contributed by atoms with E-state index in [9.17, 15) is 19.7 Å². The Hall–Kier alpha value is -1.92. The molecule has 7 heteroatoms. The third-order valence-corrected chi connectivity index (χ3v) is 2.48. The molecule has 16 heavy (non-hydrogen) atoms. The molecule has 1 heterocycles. The minimum Gasteiger partial charge on any atom is -0.480 e. The number of rotatable bonds is 3. The normalized spacial score (nSPS) is 19.2. The number of carboxylic acids is 1. The minimum absolute atomic E-state index is 0.266. The van der Waals surface area contributed by atoms with Crippen molar-refractivity contribution in [1.82, 2.24) is 4.90 Å². The van der Waals surface area contributed by atoms with Crippen LogP contribution in [0.15, 0.2) is 11.8 Å². The molecule has 1 amide bonds. The van der Waals surface area contributed by atoms with E-state index in [1.54, 1.807) is 13.8 Å². The van der Waals surface area contributed by atoms with Gasteiger partial charge in [-0.15, -0.1) is 0 Å². The third-order valence-electron chi connectivity index (χ3n) is 2.48. The number of aliphatic carboxylic acids is 1. The van der Waals surface area contributed by atoms with Gasteiger partial charge in [0.1, 0.15) is 6.54 Å². The number of carboxylic acid groups (broad SMARTS) is 1. The average Bonchev–Trinajstić information content (AvgIpc) is 2.11. The topological polar surface area (TPSA) is 101 Å². The van der Waals surface area contributed by atoms with Gasteiger partial charge in [-0.1, -0.05) is 0 Å². The van der Waals surface area contributed by atoms with Crippen LogP contribution >= 0.6 is 0 Å². The van der Waals surface area contributed by atoms with Crippen molar-refractivity contribution in [1.29, 1.82) is 0 Å². The summed E-state index contributed by atoms with van der Waals surface area (Å²) in [6, 6.07) is 0. The highest BCUT2D eigenvalue weighted by atomic mass is 16.6. The second-order valence-electron chi connectivity index (χ2n) is 4.15. The Bertz CT molecular complexity index is 385. The Morgan fingerprint density at radius 1 is 1.69 bits per heavy atom. The molecule has 0 saturated carbocycles. The van der Waals surface area contributed by atoms with E-state index < -0.39 is 34.6 Å². The standard InChI is InChI=1S/C9H12N2O5/c1-9(2)4-3-6(11(15)16)8(14)10(9)5-7(12)13/h3H,4-5H2,1-2H3,(H,12,13). The van der Waals surface area contributed by atoms with E-state index in [1.165, 1.54) is 6.08 Å². The number of nitro groups is 1. The molecule has 0 aliphatic carbocycles. The molecular formula is C9H12N2O5. The molecule has 88 valence electrons. The van der Waals surface area contributed by atoms with Crippen LogP contribution in [0.3, 0.4) is 0 Å². The molecule has 0 fully saturated rings. The quantitative estimate of drug-likeness (QED) is 0.550. The van der Waals surface area contributed by atoms with Gasteiger partial charge < -0.3 is 10.0 Å². The summed E-state index contributed by atoms with van der Waals surface area (Å²) in [7, 11) is 0. The Morgan fingerprint density at radius 2 is 2.25 bits per heavy atom. The van der Waals surface area contributed by atoms with Gasteiger partial charge in [0.25, 0.3) is 0 Å². The van der Waals surface area contributed by atoms with Gasteiger partial charge in [-0.2, -0.15) is 0 Å². The van der Waals surface area contributed by atoms with Crippen molar-refractivity contribution >= 4 is 11.9 Å². The van der Waals surface area contributed by atoms with Crippen LogP contribution in [0.5, 0.6) is 0 Å². The van der Waals surface area contributed by atoms with Crippen molar-refractivity contribution in [3.63, 3.8) is 0 Å². The van der Waals surface area contributed by atoms with E-state index in [4.69, 9.17) is 5.11 Å². The smallest absolute Gasteiger partial charge is 0.329 e. The molecule has 0 bridgehead atoms. The van der Waals surface area contributed by atoms with Crippen LogP contribution in [-0.2, 0) is 9.59 Å². The second-order valence-corrected chi connectivity index (χ2v) is 4.15. The van der Waals surface area contributed by atoms with E-state index in [2.05, 4.69) is 0 Å². The van der Waals surface area contributed by atoms with Crippen LogP contribution in [0.25, 0.3) is 0 Å². The van der Waals surface area contributed by atoms with Crippen LogP contribution in [0.1, 0.15) is 20.3 Å². The van der Waals surface area contributed by atoms with Gasteiger partial charge in [-0.3, -0.25) is 19.7 Å². The first-order chi connectivity index (χ1) is 7.25. The molecule has 1 N–H and O–H groups in total. The van der Waals surface area contributed by atoms with E-state index in [1.807, 2.05) is 0 Å². The van der Waals surface area contributed by atoms with E-state index in [0.29, 0.717) is 0 Å². The van der Waals surface area contributed by atoms with Crippen LogP contribution in [-0.4, -0.2) is 38.9 Å².